The SMILES string of the molecule is CC1(C)COC(c2ccc([Si](C)(C)c3cc[c]([Sn]([CH3])([CH3])[CH3])s3)s2)OC1. The van der Waals surface area contributed by atoms with Crippen molar-refractivity contribution in [2.75, 3.05) is 13.2 Å². The van der Waals surface area contributed by atoms with Crippen molar-refractivity contribution in [2.45, 2.75) is 48.1 Å². The van der Waals surface area contributed by atoms with E-state index in [1.807, 2.05) is 11.3 Å². The van der Waals surface area contributed by atoms with Gasteiger partial charge >= 0.3 is 166 Å². The molecule has 0 N–H and O–H groups in total. The molecule has 0 atom stereocenters. The molecule has 138 valence electrons. The van der Waals surface area contributed by atoms with Crippen molar-refractivity contribution in [1.29, 1.82) is 0 Å². The van der Waals surface area contributed by atoms with E-state index < -0.39 is 26.5 Å². The second-order valence-electron chi connectivity index (χ2n) is 9.36. The number of hydrogen-bond donors (Lipinski definition) is 0. The Bertz CT molecular complexity index is 733. The molecule has 2 aromatic heterocycles. The molecule has 25 heavy (non-hydrogen) atoms. The number of hydrogen-bond acceptors (Lipinski definition) is 4. The van der Waals surface area contributed by atoms with Gasteiger partial charge in [0, 0.05) is 0 Å². The van der Waals surface area contributed by atoms with Gasteiger partial charge in [0.15, 0.2) is 0 Å². The van der Waals surface area contributed by atoms with Gasteiger partial charge in [-0.1, -0.05) is 0 Å². The van der Waals surface area contributed by atoms with Gasteiger partial charge in [0.05, 0.1) is 0 Å². The van der Waals surface area contributed by atoms with Gasteiger partial charge in [-0.3, -0.25) is 0 Å². The van der Waals surface area contributed by atoms with Crippen molar-refractivity contribution in [2.24, 2.45) is 5.41 Å². The fourth-order valence-electron chi connectivity index (χ4n) is 2.87. The molecule has 0 unspecified atom stereocenters. The molecule has 2 aromatic rings. The van der Waals surface area contributed by atoms with Gasteiger partial charge in [-0.25, -0.2) is 0 Å². The van der Waals surface area contributed by atoms with E-state index >= 15 is 0 Å². The Morgan fingerprint density at radius 3 is 2.08 bits per heavy atom. The van der Waals surface area contributed by atoms with Crippen LogP contribution in [0.5, 0.6) is 0 Å². The third-order valence-electron chi connectivity index (χ3n) is 4.69. The Hall–Kier alpha value is 0.336. The molecular formula is C19H30O2S2SiSn. The summed E-state index contributed by atoms with van der Waals surface area (Å²) in [6.45, 7) is 10.8. The number of thiophene rings is 2. The monoisotopic (exact) mass is 502 g/mol. The van der Waals surface area contributed by atoms with Crippen molar-refractivity contribution in [3.05, 3.63) is 29.1 Å². The Balaban J connectivity index is 1.80. The van der Waals surface area contributed by atoms with E-state index in [-0.39, 0.29) is 11.7 Å². The van der Waals surface area contributed by atoms with E-state index in [1.165, 1.54) is 9.38 Å². The zero-order valence-electron chi connectivity index (χ0n) is 16.4. The molecule has 1 aliphatic rings. The zero-order chi connectivity index (χ0) is 18.5. The van der Waals surface area contributed by atoms with E-state index in [0.29, 0.717) is 0 Å². The summed E-state index contributed by atoms with van der Waals surface area (Å²) in [5, 5.41) is 0. The van der Waals surface area contributed by atoms with E-state index in [4.69, 9.17) is 9.47 Å². The van der Waals surface area contributed by atoms with Crippen LogP contribution in [0.25, 0.3) is 0 Å². The van der Waals surface area contributed by atoms with Gasteiger partial charge in [-0.2, -0.15) is 0 Å². The fourth-order valence-corrected chi connectivity index (χ4v) is 15.4. The standard InChI is InChI=1S/C16H21O2S2Si.3CH3.Sn/c1-16(2)10-17-15(18-11-16)12-7-8-14(20-12)21(3,4)13-6-5-9-19-13;;;;/h5-8,15H,10-11H2,1-4H3;3*1H3;. The molecule has 0 bridgehead atoms. The molecule has 0 radical (unpaired) electrons. The van der Waals surface area contributed by atoms with Gasteiger partial charge in [0.2, 0.25) is 0 Å². The molecule has 0 aliphatic carbocycles. The average molecular weight is 501 g/mol. The molecule has 6 heteroatoms. The maximum atomic E-state index is 5.97. The molecule has 1 fully saturated rings. The molecule has 0 spiro atoms. The van der Waals surface area contributed by atoms with Crippen molar-refractivity contribution in [3.8, 4) is 0 Å². The van der Waals surface area contributed by atoms with Crippen LogP contribution in [0.4, 0.5) is 0 Å². The summed E-state index contributed by atoms with van der Waals surface area (Å²) in [5.74, 6) is 0. The normalized spacial score (nSPS) is 19.3. The first kappa shape index (κ1) is 20.1. The van der Waals surface area contributed by atoms with Crippen LogP contribution in [-0.4, -0.2) is 39.7 Å². The van der Waals surface area contributed by atoms with Gasteiger partial charge in [0.1, 0.15) is 0 Å². The molecular weight excluding hydrogens is 471 g/mol. The summed E-state index contributed by atoms with van der Waals surface area (Å²) >= 11 is 2.01. The number of rotatable bonds is 4. The van der Waals surface area contributed by atoms with Crippen molar-refractivity contribution in [1.82, 2.24) is 0 Å². The van der Waals surface area contributed by atoms with E-state index in [2.05, 4.69) is 77.4 Å². The van der Waals surface area contributed by atoms with Gasteiger partial charge in [0.25, 0.3) is 0 Å². The summed E-state index contributed by atoms with van der Waals surface area (Å²) in [5.41, 5.74) is 0.122. The quantitative estimate of drug-likeness (QED) is 0.584. The van der Waals surface area contributed by atoms with Crippen LogP contribution in [0.2, 0.25) is 27.9 Å². The first-order valence-corrected chi connectivity index (χ1v) is 23.6. The van der Waals surface area contributed by atoms with E-state index in [9.17, 15) is 0 Å². The summed E-state index contributed by atoms with van der Waals surface area (Å²) in [6.07, 6.45) is -0.179. The van der Waals surface area contributed by atoms with Crippen LogP contribution in [0, 0.1) is 5.41 Å². The van der Waals surface area contributed by atoms with E-state index in [0.717, 1.165) is 13.2 Å². The summed E-state index contributed by atoms with van der Waals surface area (Å²) < 4.78 is 16.8. The molecule has 3 heterocycles. The van der Waals surface area contributed by atoms with Crippen LogP contribution in [0.1, 0.15) is 25.0 Å². The van der Waals surface area contributed by atoms with Crippen LogP contribution >= 0.6 is 22.7 Å². The van der Waals surface area contributed by atoms with Crippen LogP contribution in [-0.2, 0) is 9.47 Å². The second kappa shape index (κ2) is 7.06. The molecule has 1 saturated heterocycles. The Morgan fingerprint density at radius 2 is 1.52 bits per heavy atom. The summed E-state index contributed by atoms with van der Waals surface area (Å²) in [7, 11) is -1.63. The predicted molar refractivity (Wildman–Crippen MR) is 117 cm³/mol. The molecule has 2 nitrogen and oxygen atoms in total. The molecule has 3 rings (SSSR count). The maximum absolute atomic E-state index is 5.97. The molecule has 0 amide bonds. The molecule has 0 aromatic carbocycles. The van der Waals surface area contributed by atoms with Crippen LogP contribution in [0.3, 0.4) is 0 Å². The van der Waals surface area contributed by atoms with Crippen molar-refractivity contribution in [3.63, 3.8) is 0 Å². The summed E-state index contributed by atoms with van der Waals surface area (Å²) in [4.78, 5) is 8.72. The van der Waals surface area contributed by atoms with Crippen LogP contribution in [0.15, 0.2) is 24.3 Å². The zero-order valence-corrected chi connectivity index (χ0v) is 21.9. The predicted octanol–water partition coefficient (Wildman–Crippen LogP) is 4.25. The van der Waals surface area contributed by atoms with Crippen molar-refractivity contribution >= 4 is 61.0 Å². The summed E-state index contributed by atoms with van der Waals surface area (Å²) in [6, 6.07) is 9.35. The van der Waals surface area contributed by atoms with Crippen molar-refractivity contribution < 1.29 is 9.47 Å². The average Bonchev–Trinajstić information content (AvgIpc) is 3.17. The molecule has 1 aliphatic heterocycles. The number of ether oxygens (including phenoxy) is 2. The topological polar surface area (TPSA) is 18.5 Å². The third-order valence-corrected chi connectivity index (χ3v) is 22.5. The minimum absolute atomic E-state index is 0.122. The van der Waals surface area contributed by atoms with Crippen LogP contribution < -0.4 is 11.9 Å². The fraction of sp³-hybridized carbons (Fsp3) is 0.579. The minimum atomic E-state index is -1.97. The molecule has 0 saturated carbocycles. The van der Waals surface area contributed by atoms with Gasteiger partial charge in [-0.05, 0) is 0 Å². The Morgan fingerprint density at radius 1 is 0.960 bits per heavy atom. The first-order chi connectivity index (χ1) is 11.5. The van der Waals surface area contributed by atoms with E-state index in [1.54, 1.807) is 7.39 Å². The Labute approximate surface area is 165 Å². The van der Waals surface area contributed by atoms with Gasteiger partial charge < -0.3 is 0 Å². The second-order valence-corrected chi connectivity index (χ2v) is 32.0. The third kappa shape index (κ3) is 4.43. The Kier molecular flexibility index (Phi) is 5.67. The van der Waals surface area contributed by atoms with Gasteiger partial charge in [-0.15, -0.1) is 0 Å². The first-order valence-electron chi connectivity index (χ1n) is 8.93.